The van der Waals surface area contributed by atoms with Gasteiger partial charge in [0.15, 0.2) is 0 Å². The highest BCUT2D eigenvalue weighted by molar-refractivity contribution is 9.10. The molecule has 1 aliphatic carbocycles. The molecule has 0 saturated heterocycles. The van der Waals surface area contributed by atoms with Gasteiger partial charge in [0.2, 0.25) is 0 Å². The van der Waals surface area contributed by atoms with Crippen molar-refractivity contribution in [2.75, 3.05) is 6.54 Å². The number of halogens is 2. The Morgan fingerprint density at radius 1 is 1.32 bits per heavy atom. The van der Waals surface area contributed by atoms with Crippen molar-refractivity contribution in [3.8, 4) is 0 Å². The summed E-state index contributed by atoms with van der Waals surface area (Å²) in [5.41, 5.74) is 1.22. The monoisotopic (exact) mass is 327 g/mol. The fourth-order valence-corrected chi connectivity index (χ4v) is 3.43. The Bertz CT molecular complexity index is 402. The van der Waals surface area contributed by atoms with Gasteiger partial charge in [-0.1, -0.05) is 32.3 Å². The summed E-state index contributed by atoms with van der Waals surface area (Å²) in [5, 5.41) is 3.66. The largest absolute Gasteiger partial charge is 0.310 e. The van der Waals surface area contributed by atoms with Crippen molar-refractivity contribution < 1.29 is 4.39 Å². The van der Waals surface area contributed by atoms with Gasteiger partial charge in [-0.2, -0.15) is 0 Å². The molecule has 1 fully saturated rings. The Labute approximate surface area is 124 Å². The fourth-order valence-electron chi connectivity index (χ4n) is 3.03. The van der Waals surface area contributed by atoms with E-state index in [9.17, 15) is 4.39 Å². The van der Waals surface area contributed by atoms with E-state index in [0.29, 0.717) is 16.4 Å². The summed E-state index contributed by atoms with van der Waals surface area (Å²) >= 11 is 3.30. The van der Waals surface area contributed by atoms with Crippen LogP contribution in [0.3, 0.4) is 0 Å². The molecular weight excluding hydrogens is 305 g/mol. The second-order valence-corrected chi connectivity index (χ2v) is 6.36. The predicted octanol–water partition coefficient (Wildman–Crippen LogP) is 5.21. The molecule has 1 nitrogen and oxygen atoms in total. The smallest absolute Gasteiger partial charge is 0.137 e. The van der Waals surface area contributed by atoms with E-state index in [0.717, 1.165) is 13.0 Å². The summed E-state index contributed by atoms with van der Waals surface area (Å²) < 4.78 is 14.0. The van der Waals surface area contributed by atoms with Gasteiger partial charge in [-0.3, -0.25) is 0 Å². The Balaban J connectivity index is 2.17. The summed E-state index contributed by atoms with van der Waals surface area (Å²) in [6.45, 7) is 3.21. The van der Waals surface area contributed by atoms with E-state index in [2.05, 4.69) is 28.2 Å². The van der Waals surface area contributed by atoms with Gasteiger partial charge in [0.1, 0.15) is 5.82 Å². The molecule has 1 aliphatic rings. The van der Waals surface area contributed by atoms with Gasteiger partial charge < -0.3 is 5.32 Å². The van der Waals surface area contributed by atoms with Crippen molar-refractivity contribution in [1.29, 1.82) is 0 Å². The van der Waals surface area contributed by atoms with Crippen molar-refractivity contribution in [3.05, 3.63) is 34.1 Å². The third kappa shape index (κ3) is 4.03. The van der Waals surface area contributed by atoms with Gasteiger partial charge >= 0.3 is 0 Å². The van der Waals surface area contributed by atoms with Gasteiger partial charge in [-0.05, 0) is 65.4 Å². The van der Waals surface area contributed by atoms with Crippen LogP contribution >= 0.6 is 15.9 Å². The molecule has 1 atom stereocenters. The first-order valence-corrected chi connectivity index (χ1v) is 8.20. The van der Waals surface area contributed by atoms with Crippen LogP contribution in [0.25, 0.3) is 0 Å². The number of nitrogens with one attached hydrogen (secondary N) is 1. The lowest BCUT2D eigenvalue weighted by molar-refractivity contribution is 0.272. The minimum Gasteiger partial charge on any atom is -0.310 e. The maximum atomic E-state index is 13.4. The second kappa shape index (κ2) is 7.39. The molecule has 1 unspecified atom stereocenters. The van der Waals surface area contributed by atoms with Crippen LogP contribution in [0.4, 0.5) is 4.39 Å². The molecule has 1 saturated carbocycles. The molecule has 0 amide bonds. The summed E-state index contributed by atoms with van der Waals surface area (Å²) in [7, 11) is 0. The molecule has 1 aromatic rings. The van der Waals surface area contributed by atoms with Crippen LogP contribution in [0.2, 0.25) is 0 Å². The van der Waals surface area contributed by atoms with E-state index in [1.807, 2.05) is 12.1 Å². The quantitative estimate of drug-likeness (QED) is 0.782. The normalized spacial score (nSPS) is 18.5. The van der Waals surface area contributed by atoms with E-state index in [1.54, 1.807) is 6.07 Å². The molecule has 0 bridgehead atoms. The number of hydrogen-bond acceptors (Lipinski definition) is 1. The summed E-state index contributed by atoms with van der Waals surface area (Å²) in [5.74, 6) is 0.513. The maximum absolute atomic E-state index is 13.4. The Morgan fingerprint density at radius 2 is 2.05 bits per heavy atom. The standard InChI is InChI=1S/C16H23BrFN/c1-2-10-19-16(12-6-4-3-5-7-12)13-8-9-15(18)14(17)11-13/h8-9,11-12,16,19H,2-7,10H2,1H3. The molecule has 0 aromatic heterocycles. The molecule has 0 heterocycles. The first kappa shape index (κ1) is 15.0. The van der Waals surface area contributed by atoms with Crippen LogP contribution in [0.1, 0.15) is 57.1 Å². The van der Waals surface area contributed by atoms with Crippen LogP contribution in [0, 0.1) is 11.7 Å². The second-order valence-electron chi connectivity index (χ2n) is 5.50. The summed E-state index contributed by atoms with van der Waals surface area (Å²) in [4.78, 5) is 0. The minimum atomic E-state index is -0.179. The first-order valence-electron chi connectivity index (χ1n) is 7.40. The van der Waals surface area contributed by atoms with Crippen molar-refractivity contribution in [2.45, 2.75) is 51.5 Å². The van der Waals surface area contributed by atoms with Gasteiger partial charge in [-0.25, -0.2) is 4.39 Å². The van der Waals surface area contributed by atoms with E-state index in [-0.39, 0.29) is 5.82 Å². The highest BCUT2D eigenvalue weighted by atomic mass is 79.9. The van der Waals surface area contributed by atoms with Crippen molar-refractivity contribution in [2.24, 2.45) is 5.92 Å². The zero-order valence-electron chi connectivity index (χ0n) is 11.6. The zero-order chi connectivity index (χ0) is 13.7. The third-order valence-corrected chi connectivity index (χ3v) is 4.65. The number of rotatable bonds is 5. The fraction of sp³-hybridized carbons (Fsp3) is 0.625. The Hall–Kier alpha value is -0.410. The zero-order valence-corrected chi connectivity index (χ0v) is 13.2. The van der Waals surface area contributed by atoms with E-state index < -0.39 is 0 Å². The molecule has 1 aromatic carbocycles. The predicted molar refractivity (Wildman–Crippen MR) is 81.7 cm³/mol. The van der Waals surface area contributed by atoms with E-state index in [1.165, 1.54) is 37.7 Å². The average Bonchev–Trinajstić information content (AvgIpc) is 2.44. The summed E-state index contributed by atoms with van der Waals surface area (Å²) in [6.07, 6.45) is 7.73. The molecule has 106 valence electrons. The topological polar surface area (TPSA) is 12.0 Å². The lowest BCUT2D eigenvalue weighted by atomic mass is 9.81. The lowest BCUT2D eigenvalue weighted by Gasteiger charge is -2.31. The van der Waals surface area contributed by atoms with Gasteiger partial charge in [-0.15, -0.1) is 0 Å². The molecule has 19 heavy (non-hydrogen) atoms. The molecule has 0 spiro atoms. The number of hydrogen-bond donors (Lipinski definition) is 1. The van der Waals surface area contributed by atoms with Crippen LogP contribution < -0.4 is 5.32 Å². The molecule has 1 N–H and O–H groups in total. The van der Waals surface area contributed by atoms with Crippen molar-refractivity contribution >= 4 is 15.9 Å². The third-order valence-electron chi connectivity index (χ3n) is 4.04. The van der Waals surface area contributed by atoms with Gasteiger partial charge in [0.05, 0.1) is 4.47 Å². The van der Waals surface area contributed by atoms with E-state index >= 15 is 0 Å². The lowest BCUT2D eigenvalue weighted by Crippen LogP contribution is -2.30. The SMILES string of the molecule is CCCNC(c1ccc(F)c(Br)c1)C1CCCCC1. The number of benzene rings is 1. The molecule has 2 rings (SSSR count). The Morgan fingerprint density at radius 3 is 2.68 bits per heavy atom. The van der Waals surface area contributed by atoms with Crippen molar-refractivity contribution in [1.82, 2.24) is 5.32 Å². The van der Waals surface area contributed by atoms with Gasteiger partial charge in [0.25, 0.3) is 0 Å². The highest BCUT2D eigenvalue weighted by Gasteiger charge is 2.24. The molecule has 0 radical (unpaired) electrons. The van der Waals surface area contributed by atoms with Gasteiger partial charge in [0, 0.05) is 6.04 Å². The average molecular weight is 328 g/mol. The minimum absolute atomic E-state index is 0.179. The maximum Gasteiger partial charge on any atom is 0.137 e. The first-order chi connectivity index (χ1) is 9.22. The Kier molecular flexibility index (Phi) is 5.83. The van der Waals surface area contributed by atoms with Crippen LogP contribution in [0.5, 0.6) is 0 Å². The molecule has 0 aliphatic heterocycles. The van der Waals surface area contributed by atoms with Crippen LogP contribution in [0.15, 0.2) is 22.7 Å². The van der Waals surface area contributed by atoms with E-state index in [4.69, 9.17) is 0 Å². The molecular formula is C16H23BrFN. The van der Waals surface area contributed by atoms with Crippen LogP contribution in [-0.2, 0) is 0 Å². The highest BCUT2D eigenvalue weighted by Crippen LogP contribution is 2.35. The van der Waals surface area contributed by atoms with Crippen molar-refractivity contribution in [3.63, 3.8) is 0 Å². The summed E-state index contributed by atoms with van der Waals surface area (Å²) in [6, 6.07) is 5.82. The van der Waals surface area contributed by atoms with Crippen LogP contribution in [-0.4, -0.2) is 6.54 Å². The molecule has 3 heteroatoms.